The second-order valence-electron chi connectivity index (χ2n) is 2.79. The van der Waals surface area contributed by atoms with Gasteiger partial charge in [-0.15, -0.1) is 0 Å². The molecule has 1 aromatic rings. The molecule has 1 unspecified atom stereocenters. The first-order chi connectivity index (χ1) is 6.32. The highest BCUT2D eigenvalue weighted by atomic mass is 35.7. The minimum absolute atomic E-state index is 0.116. The second kappa shape index (κ2) is 4.04. The van der Waals surface area contributed by atoms with Gasteiger partial charge in [-0.05, 0) is 24.6 Å². The van der Waals surface area contributed by atoms with Crippen molar-refractivity contribution < 1.29 is 12.8 Å². The van der Waals surface area contributed by atoms with E-state index in [1.165, 1.54) is 19.1 Å². The quantitative estimate of drug-likeness (QED) is 0.763. The van der Waals surface area contributed by atoms with E-state index in [-0.39, 0.29) is 5.02 Å². The lowest BCUT2D eigenvalue weighted by atomic mass is 10.2. The number of benzene rings is 1. The summed E-state index contributed by atoms with van der Waals surface area (Å²) in [6.07, 6.45) is 0. The standard InChI is InChI=1S/C8H7Cl2FO2S/c1-5(14(10,12)13)6-2-3-8(11)7(9)4-6/h2-5H,1H3. The largest absolute Gasteiger partial charge is 0.239 e. The van der Waals surface area contributed by atoms with Gasteiger partial charge < -0.3 is 0 Å². The zero-order chi connectivity index (χ0) is 10.9. The Balaban J connectivity index is 3.16. The Hall–Kier alpha value is -0.320. The maximum Gasteiger partial charge on any atom is 0.239 e. The maximum atomic E-state index is 12.7. The van der Waals surface area contributed by atoms with E-state index in [0.29, 0.717) is 5.56 Å². The van der Waals surface area contributed by atoms with Gasteiger partial charge in [-0.1, -0.05) is 17.7 Å². The van der Waals surface area contributed by atoms with E-state index >= 15 is 0 Å². The monoisotopic (exact) mass is 256 g/mol. The second-order valence-corrected chi connectivity index (χ2v) is 6.15. The first-order valence-corrected chi connectivity index (χ1v) is 6.46. The molecule has 1 rings (SSSR count). The molecule has 0 N–H and O–H groups in total. The van der Waals surface area contributed by atoms with Crippen LogP contribution in [-0.4, -0.2) is 8.42 Å². The van der Waals surface area contributed by atoms with Crippen molar-refractivity contribution in [1.82, 2.24) is 0 Å². The zero-order valence-electron chi connectivity index (χ0n) is 7.17. The van der Waals surface area contributed by atoms with E-state index in [1.807, 2.05) is 0 Å². The summed E-state index contributed by atoms with van der Waals surface area (Å²) in [4.78, 5) is 0. The van der Waals surface area contributed by atoms with E-state index in [4.69, 9.17) is 22.3 Å². The summed E-state index contributed by atoms with van der Waals surface area (Å²) in [6.45, 7) is 1.41. The third-order valence-electron chi connectivity index (χ3n) is 1.84. The molecule has 0 aromatic heterocycles. The van der Waals surface area contributed by atoms with Gasteiger partial charge in [0.15, 0.2) is 0 Å². The first kappa shape index (κ1) is 11.8. The van der Waals surface area contributed by atoms with Gasteiger partial charge in [-0.25, -0.2) is 12.8 Å². The van der Waals surface area contributed by atoms with Crippen LogP contribution in [0, 0.1) is 5.82 Å². The molecule has 0 aliphatic heterocycles. The maximum absolute atomic E-state index is 12.7. The smallest absolute Gasteiger partial charge is 0.212 e. The van der Waals surface area contributed by atoms with Crippen molar-refractivity contribution in [2.75, 3.05) is 0 Å². The zero-order valence-corrected chi connectivity index (χ0v) is 9.50. The van der Waals surface area contributed by atoms with Gasteiger partial charge in [-0.3, -0.25) is 0 Å². The molecule has 0 amide bonds. The fourth-order valence-corrected chi connectivity index (χ4v) is 1.90. The highest BCUT2D eigenvalue weighted by Crippen LogP contribution is 2.27. The predicted molar refractivity (Wildman–Crippen MR) is 54.6 cm³/mol. The third-order valence-corrected chi connectivity index (χ3v) is 4.04. The molecular weight excluding hydrogens is 250 g/mol. The van der Waals surface area contributed by atoms with Gasteiger partial charge in [0.25, 0.3) is 0 Å². The molecule has 0 spiro atoms. The molecule has 1 atom stereocenters. The van der Waals surface area contributed by atoms with Crippen molar-refractivity contribution in [2.45, 2.75) is 12.2 Å². The molecule has 0 heterocycles. The summed E-state index contributed by atoms with van der Waals surface area (Å²) in [6, 6.07) is 3.70. The fourth-order valence-electron chi connectivity index (χ4n) is 0.928. The van der Waals surface area contributed by atoms with Crippen molar-refractivity contribution in [3.05, 3.63) is 34.6 Å². The van der Waals surface area contributed by atoms with Crippen molar-refractivity contribution in [2.24, 2.45) is 0 Å². The number of rotatable bonds is 2. The van der Waals surface area contributed by atoms with Gasteiger partial charge in [-0.2, -0.15) is 0 Å². The number of halogens is 3. The van der Waals surface area contributed by atoms with Crippen LogP contribution in [0.1, 0.15) is 17.7 Å². The topological polar surface area (TPSA) is 34.1 Å². The molecule has 0 saturated carbocycles. The molecule has 0 aliphatic rings. The fraction of sp³-hybridized carbons (Fsp3) is 0.250. The molecule has 0 aliphatic carbocycles. The number of hydrogen-bond donors (Lipinski definition) is 0. The average molecular weight is 257 g/mol. The summed E-state index contributed by atoms with van der Waals surface area (Å²) in [5.74, 6) is -0.588. The van der Waals surface area contributed by atoms with Crippen LogP contribution in [-0.2, 0) is 9.05 Å². The molecule has 78 valence electrons. The van der Waals surface area contributed by atoms with Gasteiger partial charge in [0.1, 0.15) is 5.82 Å². The highest BCUT2D eigenvalue weighted by molar-refractivity contribution is 8.13. The van der Waals surface area contributed by atoms with Gasteiger partial charge in [0, 0.05) is 10.7 Å². The highest BCUT2D eigenvalue weighted by Gasteiger charge is 2.20. The Kier molecular flexibility index (Phi) is 3.40. The Morgan fingerprint density at radius 3 is 2.43 bits per heavy atom. The van der Waals surface area contributed by atoms with Gasteiger partial charge >= 0.3 is 0 Å². The van der Waals surface area contributed by atoms with E-state index in [0.717, 1.165) is 6.07 Å². The Morgan fingerprint density at radius 2 is 2.00 bits per heavy atom. The van der Waals surface area contributed by atoms with Crippen LogP contribution in [0.3, 0.4) is 0 Å². The van der Waals surface area contributed by atoms with Crippen molar-refractivity contribution in [1.29, 1.82) is 0 Å². The Morgan fingerprint density at radius 1 is 1.43 bits per heavy atom. The van der Waals surface area contributed by atoms with Crippen molar-refractivity contribution >= 4 is 31.3 Å². The summed E-state index contributed by atoms with van der Waals surface area (Å²) >= 11 is 5.50. The van der Waals surface area contributed by atoms with Crippen LogP contribution in [0.25, 0.3) is 0 Å². The van der Waals surface area contributed by atoms with Crippen LogP contribution in [0.2, 0.25) is 5.02 Å². The average Bonchev–Trinajstić information content (AvgIpc) is 2.07. The minimum atomic E-state index is -3.69. The molecule has 0 bridgehead atoms. The third kappa shape index (κ3) is 2.59. The van der Waals surface area contributed by atoms with E-state index in [9.17, 15) is 12.8 Å². The van der Waals surface area contributed by atoms with E-state index in [2.05, 4.69) is 0 Å². The molecule has 6 heteroatoms. The van der Waals surface area contributed by atoms with Crippen molar-refractivity contribution in [3.63, 3.8) is 0 Å². The van der Waals surface area contributed by atoms with Crippen LogP contribution in [0.4, 0.5) is 4.39 Å². The molecule has 0 saturated heterocycles. The summed E-state index contributed by atoms with van der Waals surface area (Å²) in [5.41, 5.74) is 0.367. The Bertz CT molecular complexity index is 445. The van der Waals surface area contributed by atoms with Crippen LogP contribution >= 0.6 is 22.3 Å². The molecule has 1 aromatic carbocycles. The number of hydrogen-bond acceptors (Lipinski definition) is 2. The SMILES string of the molecule is CC(c1ccc(F)c(Cl)c1)S(=O)(=O)Cl. The van der Waals surface area contributed by atoms with E-state index in [1.54, 1.807) is 0 Å². The summed E-state index contributed by atoms with van der Waals surface area (Å²) < 4.78 is 34.7. The summed E-state index contributed by atoms with van der Waals surface area (Å²) in [5, 5.41) is -1.02. The lowest BCUT2D eigenvalue weighted by molar-refractivity contribution is 0.599. The summed E-state index contributed by atoms with van der Waals surface area (Å²) in [7, 11) is 1.45. The minimum Gasteiger partial charge on any atom is -0.212 e. The van der Waals surface area contributed by atoms with E-state index < -0.39 is 20.1 Å². The van der Waals surface area contributed by atoms with Crippen LogP contribution in [0.15, 0.2) is 18.2 Å². The molecule has 0 fully saturated rings. The van der Waals surface area contributed by atoms with Gasteiger partial charge in [0.05, 0.1) is 10.3 Å². The first-order valence-electron chi connectivity index (χ1n) is 3.71. The molecule has 0 radical (unpaired) electrons. The lowest BCUT2D eigenvalue weighted by Gasteiger charge is -2.08. The Labute approximate surface area is 91.1 Å². The molecule has 2 nitrogen and oxygen atoms in total. The van der Waals surface area contributed by atoms with Crippen molar-refractivity contribution in [3.8, 4) is 0 Å². The predicted octanol–water partition coefficient (Wildman–Crippen LogP) is 3.11. The van der Waals surface area contributed by atoms with Gasteiger partial charge in [0.2, 0.25) is 9.05 Å². The normalized spacial score (nSPS) is 14.0. The van der Waals surface area contributed by atoms with Crippen LogP contribution < -0.4 is 0 Å². The lowest BCUT2D eigenvalue weighted by Crippen LogP contribution is -2.02. The van der Waals surface area contributed by atoms with Crippen LogP contribution in [0.5, 0.6) is 0 Å². The molecule has 14 heavy (non-hydrogen) atoms. The molecular formula is C8H7Cl2FO2S.